The molecule has 0 bridgehead atoms. The number of unbranched alkanes of at least 4 members (excludes halogenated alkanes) is 3. The number of carboxylic acid groups (broad SMARTS) is 1. The summed E-state index contributed by atoms with van der Waals surface area (Å²) in [7, 11) is -12.3. The highest BCUT2D eigenvalue weighted by molar-refractivity contribution is 7.89. The number of amides is 9. The number of nitrogens with zero attached hydrogens (tertiary/aromatic N) is 8. The first-order valence-electron chi connectivity index (χ1n) is 37.9. The van der Waals surface area contributed by atoms with E-state index in [9.17, 15) is 54.3 Å². The third-order valence-corrected chi connectivity index (χ3v) is 22.1. The maximum atomic E-state index is 15.3. The number of nitrogens with two attached hydrogens (primary N) is 6. The van der Waals surface area contributed by atoms with E-state index in [1.54, 1.807) is 19.1 Å². The van der Waals surface area contributed by atoms with Crippen LogP contribution in [0.5, 0.6) is 0 Å². The summed E-state index contributed by atoms with van der Waals surface area (Å²) in [4.78, 5) is 154. The van der Waals surface area contributed by atoms with E-state index in [0.717, 1.165) is 39.5 Å². The Hall–Kier alpha value is -8.54. The quantitative estimate of drug-likeness (QED) is 0.0152. The lowest BCUT2D eigenvalue weighted by molar-refractivity contribution is -0.151. The monoisotopic (exact) mass is 1650 g/mol. The summed E-state index contributed by atoms with van der Waals surface area (Å²) < 4.78 is 79.1. The molecule has 5 rings (SSSR count). The Morgan fingerprint density at radius 2 is 0.805 bits per heavy atom. The summed E-state index contributed by atoms with van der Waals surface area (Å²) in [6.07, 6.45) is 6.35. The van der Waals surface area contributed by atoms with Crippen LogP contribution in [0.25, 0.3) is 0 Å². The van der Waals surface area contributed by atoms with Crippen LogP contribution in [0, 0.1) is 0 Å². The second-order valence-electron chi connectivity index (χ2n) is 27.6. The molecule has 34 nitrogen and oxygen atoms in total. The highest BCUT2D eigenvalue weighted by atomic mass is 32.2. The summed E-state index contributed by atoms with van der Waals surface area (Å²) in [5.41, 5.74) is 20.3. The Balaban J connectivity index is 1.50. The Bertz CT molecular complexity index is 4080. The lowest BCUT2D eigenvalue weighted by Crippen LogP contribution is -2.54. The van der Waals surface area contributed by atoms with Crippen molar-refractivity contribution in [2.75, 3.05) is 143 Å². The molecule has 1 unspecified atom stereocenters. The van der Waals surface area contributed by atoms with Crippen LogP contribution in [-0.2, 0) is 108 Å². The van der Waals surface area contributed by atoms with Gasteiger partial charge in [0.15, 0.2) is 0 Å². The van der Waals surface area contributed by atoms with E-state index in [1.807, 2.05) is 30.3 Å². The fraction of sp³-hybridized carbons (Fsp3) is 0.547. The molecule has 626 valence electrons. The number of thiol groups is 1. The van der Waals surface area contributed by atoms with Gasteiger partial charge in [-0.25, -0.2) is 45.5 Å². The molecule has 1 aliphatic rings. The number of primary sulfonamides is 3. The number of benzene rings is 4. The van der Waals surface area contributed by atoms with Crippen LogP contribution >= 0.6 is 12.6 Å². The number of nitrogens with one attached hydrogen (secondary N) is 2. The fourth-order valence-electron chi connectivity index (χ4n) is 12.4. The summed E-state index contributed by atoms with van der Waals surface area (Å²) in [5.74, 6) is -7.51. The largest absolute Gasteiger partial charge is 0.480 e. The Labute approximate surface area is 668 Å². The van der Waals surface area contributed by atoms with Gasteiger partial charge in [-0.2, -0.15) is 12.6 Å². The molecule has 0 aromatic heterocycles. The van der Waals surface area contributed by atoms with Crippen molar-refractivity contribution in [1.82, 2.24) is 49.8 Å². The summed E-state index contributed by atoms with van der Waals surface area (Å²) in [6, 6.07) is 24.6. The molecule has 9 amide bonds. The topological polar surface area (TPSA) is 509 Å². The molecule has 0 radical (unpaired) electrons. The van der Waals surface area contributed by atoms with E-state index < -0.39 is 160 Å². The minimum atomic E-state index is -4.15. The van der Waals surface area contributed by atoms with E-state index in [-0.39, 0.29) is 125 Å². The second kappa shape index (κ2) is 49.3. The number of hydrogen-bond donors (Lipinski definition) is 10. The van der Waals surface area contributed by atoms with Gasteiger partial charge in [0, 0.05) is 51.9 Å². The summed E-state index contributed by atoms with van der Waals surface area (Å²) >= 11 is 4.10. The molecule has 0 saturated heterocycles. The van der Waals surface area contributed by atoms with Gasteiger partial charge in [-0.1, -0.05) is 86.0 Å². The van der Waals surface area contributed by atoms with Crippen LogP contribution in [0.15, 0.2) is 118 Å². The first kappa shape index (κ1) is 95.1. The van der Waals surface area contributed by atoms with Crippen molar-refractivity contribution in [2.24, 2.45) is 32.6 Å². The molecule has 4 aromatic carbocycles. The molecular weight excluding hydrogens is 1540 g/mol. The van der Waals surface area contributed by atoms with E-state index in [1.165, 1.54) is 85.2 Å². The maximum absolute atomic E-state index is 15.3. The predicted octanol–water partition coefficient (Wildman–Crippen LogP) is -0.450. The number of carboxylic acids is 1. The molecule has 38 heteroatoms. The van der Waals surface area contributed by atoms with Gasteiger partial charge in [0.05, 0.1) is 60.5 Å². The highest BCUT2D eigenvalue weighted by Gasteiger charge is 2.35. The average Bonchev–Trinajstić information content (AvgIpc) is 0.846. The maximum Gasteiger partial charge on any atom is 0.326 e. The highest BCUT2D eigenvalue weighted by Crippen LogP contribution is 2.24. The third-order valence-electron chi connectivity index (χ3n) is 19.0. The minimum Gasteiger partial charge on any atom is -0.480 e. The summed E-state index contributed by atoms with van der Waals surface area (Å²) in [6.45, 7) is -3.56. The fourth-order valence-corrected chi connectivity index (χ4v) is 14.2. The van der Waals surface area contributed by atoms with E-state index in [2.05, 4.69) is 23.3 Å². The van der Waals surface area contributed by atoms with Crippen LogP contribution in [-0.4, -0.2) is 284 Å². The van der Waals surface area contributed by atoms with Crippen LogP contribution in [0.2, 0.25) is 0 Å². The van der Waals surface area contributed by atoms with E-state index in [0.29, 0.717) is 74.6 Å². The predicted molar refractivity (Wildman–Crippen MR) is 427 cm³/mol. The molecule has 1 fully saturated rings. The van der Waals surface area contributed by atoms with Crippen molar-refractivity contribution >= 4 is 102 Å². The number of carbonyl (C=O) groups is 10. The van der Waals surface area contributed by atoms with Crippen molar-refractivity contribution < 1.29 is 83.0 Å². The molecule has 0 spiro atoms. The molecule has 1 aliphatic carbocycles. The summed E-state index contributed by atoms with van der Waals surface area (Å²) in [5, 5.41) is 31.5. The SMILES string of the molecule is CCOCN(CC(=O)N(CCc1ccc(S(N)(=O)=O)cc1)CC(=O)N(CCc1ccc(S(N)(=O)=O)cc1)CC(=O)N(CCCCN)CC(=O)N(CCCCN)CC(=O)NC(CCS)C(=O)O)C(=O)CN(CCCCN)C(=O)CN(C(=O)CN(CCc1ccc(S(N)(=O)=O)cc1)C(=O)CNCCc1ccccc1)C1CCCCC1. The first-order chi connectivity index (χ1) is 53.8. The van der Waals surface area contributed by atoms with E-state index in [4.69, 9.17) is 37.4 Å². The van der Waals surface area contributed by atoms with Crippen LogP contribution < -0.4 is 43.3 Å². The van der Waals surface area contributed by atoms with Gasteiger partial charge in [-0.15, -0.1) is 0 Å². The zero-order valence-electron chi connectivity index (χ0n) is 64.4. The lowest BCUT2D eigenvalue weighted by atomic mass is 9.94. The number of rotatable bonds is 53. The van der Waals surface area contributed by atoms with Crippen LogP contribution in [0.4, 0.5) is 0 Å². The van der Waals surface area contributed by atoms with E-state index >= 15 is 24.0 Å². The molecule has 1 atom stereocenters. The molecule has 4 aromatic rings. The van der Waals surface area contributed by atoms with Gasteiger partial charge < -0.3 is 76.9 Å². The molecule has 0 heterocycles. The second-order valence-corrected chi connectivity index (χ2v) is 32.7. The normalized spacial score (nSPS) is 12.8. The average molecular weight is 1660 g/mol. The smallest absolute Gasteiger partial charge is 0.326 e. The molecule has 0 aliphatic heterocycles. The molecular formula is C75H114N16O18S4. The van der Waals surface area contributed by atoms with Crippen molar-refractivity contribution in [3.05, 3.63) is 125 Å². The minimum absolute atomic E-state index is 0.00939. The van der Waals surface area contributed by atoms with Crippen molar-refractivity contribution in [3.8, 4) is 0 Å². The number of ether oxygens (including phenoxy) is 1. The van der Waals surface area contributed by atoms with Gasteiger partial charge >= 0.3 is 5.97 Å². The Morgan fingerprint density at radius 1 is 0.451 bits per heavy atom. The van der Waals surface area contributed by atoms with Gasteiger partial charge in [-0.3, -0.25) is 43.2 Å². The molecule has 1 saturated carbocycles. The standard InChI is InChI=1S/C75H114N16O18S4/c1-2-109-56-90(72(98)52-86(42-14-11-38-78)73(99)55-91(61-17-7-4-8-18-61)74(100)54-87(43-32-58-19-25-62(26-20-58)111(79,103)104)67(93)47-82-39-31-57-15-5-3-6-16-57)53-71(97)89(45-34-60-23-29-64(30-24-60)113(81,107)108)51-70(96)88(44-33-59-21-27-63(28-22-59)112(80,105)106)50-69(95)85(41-13-10-37-77)49-68(94)84(40-12-9-36-76)48-66(92)83-65(35-46-110)75(101)102/h3,5-6,15-16,19-30,61,65,82,110H,2,4,7-14,17-18,31-56,76-78H2,1H3,(H,83,92)(H,101,102)(H2,79,103,104)(H2,80,105,106)(H2,81,107,108). The van der Waals surface area contributed by atoms with Crippen molar-refractivity contribution in [3.63, 3.8) is 0 Å². The van der Waals surface area contributed by atoms with Gasteiger partial charge in [0.25, 0.3) is 0 Å². The van der Waals surface area contributed by atoms with Gasteiger partial charge in [0.1, 0.15) is 25.9 Å². The zero-order chi connectivity index (χ0) is 83.1. The Morgan fingerprint density at radius 3 is 1.19 bits per heavy atom. The van der Waals surface area contributed by atoms with Crippen LogP contribution in [0.3, 0.4) is 0 Å². The van der Waals surface area contributed by atoms with Crippen molar-refractivity contribution in [1.29, 1.82) is 0 Å². The number of carbonyl (C=O) groups excluding carboxylic acids is 9. The molecule has 15 N–H and O–H groups in total. The van der Waals surface area contributed by atoms with Gasteiger partial charge in [-0.05, 0) is 181 Å². The number of aliphatic carboxylic acids is 1. The Kier molecular flexibility index (Phi) is 41.5. The zero-order valence-corrected chi connectivity index (χ0v) is 67.8. The number of sulfonamides is 3. The van der Waals surface area contributed by atoms with Crippen molar-refractivity contribution in [2.45, 2.75) is 136 Å². The number of hydrogen-bond acceptors (Lipinski definition) is 22. The third kappa shape index (κ3) is 34.6. The lowest BCUT2D eigenvalue weighted by Gasteiger charge is -2.37. The van der Waals surface area contributed by atoms with Gasteiger partial charge in [0.2, 0.25) is 83.2 Å². The first-order valence-corrected chi connectivity index (χ1v) is 43.2. The van der Waals surface area contributed by atoms with Crippen LogP contribution in [0.1, 0.15) is 106 Å². The molecule has 113 heavy (non-hydrogen) atoms.